The molecule has 23 heavy (non-hydrogen) atoms. The molecular weight excluding hydrogens is 284 g/mol. The molecule has 0 unspecified atom stereocenters. The number of phenolic OH excluding ortho intramolecular Hbond substituents is 1. The van der Waals surface area contributed by atoms with E-state index in [1.165, 1.54) is 5.56 Å². The van der Waals surface area contributed by atoms with Crippen LogP contribution in [0.5, 0.6) is 11.5 Å². The van der Waals surface area contributed by atoms with Gasteiger partial charge in [-0.1, -0.05) is 60.2 Å². The zero-order valence-corrected chi connectivity index (χ0v) is 13.4. The average Bonchev–Trinajstić information content (AvgIpc) is 2.58. The minimum atomic E-state index is 0.281. The Morgan fingerprint density at radius 2 is 1.39 bits per heavy atom. The van der Waals surface area contributed by atoms with Crippen molar-refractivity contribution in [1.82, 2.24) is 0 Å². The van der Waals surface area contributed by atoms with Gasteiger partial charge in [0.1, 0.15) is 11.5 Å². The average molecular weight is 304 g/mol. The van der Waals surface area contributed by atoms with Gasteiger partial charge in [-0.05, 0) is 37.1 Å². The second-order valence-electron chi connectivity index (χ2n) is 5.53. The fourth-order valence-electron chi connectivity index (χ4n) is 2.65. The number of phenols is 1. The molecule has 0 fully saturated rings. The lowest BCUT2D eigenvalue weighted by molar-refractivity contribution is 0.340. The Bertz CT molecular complexity index is 790. The molecule has 0 aliphatic rings. The van der Waals surface area contributed by atoms with Crippen LogP contribution in [0.4, 0.5) is 0 Å². The topological polar surface area (TPSA) is 29.5 Å². The number of benzene rings is 3. The molecule has 0 aliphatic carbocycles. The van der Waals surface area contributed by atoms with Crippen molar-refractivity contribution < 1.29 is 9.84 Å². The van der Waals surface area contributed by atoms with Crippen LogP contribution in [-0.4, -0.2) is 11.7 Å². The van der Waals surface area contributed by atoms with Crippen LogP contribution in [0.25, 0.3) is 22.3 Å². The number of aromatic hydroxyl groups is 1. The summed E-state index contributed by atoms with van der Waals surface area (Å²) < 4.78 is 5.70. The predicted octanol–water partition coefficient (Wildman–Crippen LogP) is 5.43. The molecule has 3 aromatic rings. The first-order valence-corrected chi connectivity index (χ1v) is 7.81. The van der Waals surface area contributed by atoms with Crippen molar-refractivity contribution in [2.75, 3.05) is 6.61 Å². The number of ether oxygens (including phenoxy) is 1. The fraction of sp³-hybridized carbons (Fsp3) is 0.143. The molecule has 0 saturated heterocycles. The highest BCUT2D eigenvalue weighted by atomic mass is 16.5. The van der Waals surface area contributed by atoms with E-state index in [-0.39, 0.29) is 5.75 Å². The highest BCUT2D eigenvalue weighted by molar-refractivity contribution is 5.83. The third kappa shape index (κ3) is 3.21. The van der Waals surface area contributed by atoms with Crippen LogP contribution < -0.4 is 4.74 Å². The summed E-state index contributed by atoms with van der Waals surface area (Å²) in [7, 11) is 0. The van der Waals surface area contributed by atoms with Gasteiger partial charge in [0.05, 0.1) is 6.61 Å². The van der Waals surface area contributed by atoms with Crippen LogP contribution >= 0.6 is 0 Å². The summed E-state index contributed by atoms with van der Waals surface area (Å²) in [4.78, 5) is 0. The lowest BCUT2D eigenvalue weighted by Gasteiger charge is -2.14. The Labute approximate surface area is 137 Å². The molecule has 0 atom stereocenters. The minimum absolute atomic E-state index is 0.281. The second-order valence-corrected chi connectivity index (χ2v) is 5.53. The highest BCUT2D eigenvalue weighted by Gasteiger charge is 2.14. The first-order valence-electron chi connectivity index (χ1n) is 7.81. The van der Waals surface area contributed by atoms with Gasteiger partial charge < -0.3 is 9.84 Å². The minimum Gasteiger partial charge on any atom is -0.507 e. The van der Waals surface area contributed by atoms with Crippen molar-refractivity contribution >= 4 is 0 Å². The molecule has 116 valence electrons. The lowest BCUT2D eigenvalue weighted by atomic mass is 9.96. The maximum atomic E-state index is 10.8. The van der Waals surface area contributed by atoms with Gasteiger partial charge in [0.15, 0.2) is 0 Å². The summed E-state index contributed by atoms with van der Waals surface area (Å²) in [6, 6.07) is 21.8. The van der Waals surface area contributed by atoms with Crippen molar-refractivity contribution in [1.29, 1.82) is 0 Å². The molecule has 2 heteroatoms. The number of hydrogen-bond donors (Lipinski definition) is 1. The third-order valence-electron chi connectivity index (χ3n) is 3.84. The van der Waals surface area contributed by atoms with E-state index in [2.05, 4.69) is 6.92 Å². The fourth-order valence-corrected chi connectivity index (χ4v) is 2.65. The van der Waals surface area contributed by atoms with Gasteiger partial charge in [-0.3, -0.25) is 0 Å². The zero-order chi connectivity index (χ0) is 16.2. The van der Waals surface area contributed by atoms with E-state index in [1.54, 1.807) is 0 Å². The molecule has 0 radical (unpaired) electrons. The Morgan fingerprint density at radius 3 is 1.96 bits per heavy atom. The summed E-state index contributed by atoms with van der Waals surface area (Å²) in [5, 5.41) is 10.8. The van der Waals surface area contributed by atoms with E-state index in [4.69, 9.17) is 4.74 Å². The second kappa shape index (κ2) is 6.57. The molecule has 0 spiro atoms. The maximum Gasteiger partial charge on any atom is 0.131 e. The molecule has 0 bridgehead atoms. The normalized spacial score (nSPS) is 10.5. The Morgan fingerprint density at radius 1 is 0.826 bits per heavy atom. The van der Waals surface area contributed by atoms with Gasteiger partial charge in [-0.2, -0.15) is 0 Å². The van der Waals surface area contributed by atoms with E-state index in [9.17, 15) is 5.11 Å². The SMILES string of the molecule is CCOc1cc(-c2ccccc2)c(O)c(-c2ccc(C)cc2)c1. The monoisotopic (exact) mass is 304 g/mol. The van der Waals surface area contributed by atoms with Crippen molar-refractivity contribution in [2.45, 2.75) is 13.8 Å². The van der Waals surface area contributed by atoms with E-state index >= 15 is 0 Å². The largest absolute Gasteiger partial charge is 0.507 e. The zero-order valence-electron chi connectivity index (χ0n) is 13.4. The summed E-state index contributed by atoms with van der Waals surface area (Å²) in [6.45, 7) is 4.60. The van der Waals surface area contributed by atoms with Gasteiger partial charge in [-0.15, -0.1) is 0 Å². The molecule has 0 saturated carbocycles. The van der Waals surface area contributed by atoms with Gasteiger partial charge in [0.2, 0.25) is 0 Å². The summed E-state index contributed by atoms with van der Waals surface area (Å²) >= 11 is 0. The number of aryl methyl sites for hydroxylation is 1. The van der Waals surface area contributed by atoms with Crippen LogP contribution in [0.1, 0.15) is 12.5 Å². The Kier molecular flexibility index (Phi) is 4.33. The van der Waals surface area contributed by atoms with Crippen LogP contribution in [0.3, 0.4) is 0 Å². The Balaban J connectivity index is 2.19. The Hall–Kier alpha value is -2.74. The number of hydrogen-bond acceptors (Lipinski definition) is 2. The summed E-state index contributed by atoms with van der Waals surface area (Å²) in [5.74, 6) is 1.04. The van der Waals surface area contributed by atoms with Gasteiger partial charge >= 0.3 is 0 Å². The van der Waals surface area contributed by atoms with E-state index in [0.717, 1.165) is 28.0 Å². The molecule has 3 rings (SSSR count). The molecule has 0 aromatic heterocycles. The molecule has 0 heterocycles. The van der Waals surface area contributed by atoms with Crippen LogP contribution in [0.15, 0.2) is 66.7 Å². The molecule has 0 amide bonds. The van der Waals surface area contributed by atoms with E-state index in [0.29, 0.717) is 6.61 Å². The van der Waals surface area contributed by atoms with Crippen LogP contribution in [0, 0.1) is 6.92 Å². The summed E-state index contributed by atoms with van der Waals surface area (Å²) in [6.07, 6.45) is 0. The molecule has 0 aliphatic heterocycles. The van der Waals surface area contributed by atoms with Crippen molar-refractivity contribution in [3.05, 3.63) is 72.3 Å². The van der Waals surface area contributed by atoms with E-state index < -0.39 is 0 Å². The lowest BCUT2D eigenvalue weighted by Crippen LogP contribution is -1.94. The van der Waals surface area contributed by atoms with Crippen LogP contribution in [0.2, 0.25) is 0 Å². The highest BCUT2D eigenvalue weighted by Crippen LogP contribution is 2.41. The first kappa shape index (κ1) is 15.2. The smallest absolute Gasteiger partial charge is 0.131 e. The van der Waals surface area contributed by atoms with Crippen molar-refractivity contribution in [2.24, 2.45) is 0 Å². The maximum absolute atomic E-state index is 10.8. The van der Waals surface area contributed by atoms with Gasteiger partial charge in [0.25, 0.3) is 0 Å². The van der Waals surface area contributed by atoms with Gasteiger partial charge in [-0.25, -0.2) is 0 Å². The number of rotatable bonds is 4. The molecular formula is C21H20O2. The third-order valence-corrected chi connectivity index (χ3v) is 3.84. The van der Waals surface area contributed by atoms with Crippen LogP contribution in [-0.2, 0) is 0 Å². The summed E-state index contributed by atoms with van der Waals surface area (Å²) in [5.41, 5.74) is 4.71. The van der Waals surface area contributed by atoms with Crippen molar-refractivity contribution in [3.63, 3.8) is 0 Å². The first-order chi connectivity index (χ1) is 11.2. The quantitative estimate of drug-likeness (QED) is 0.696. The predicted molar refractivity (Wildman–Crippen MR) is 94.9 cm³/mol. The molecule has 2 nitrogen and oxygen atoms in total. The van der Waals surface area contributed by atoms with E-state index in [1.807, 2.05) is 73.7 Å². The standard InChI is InChI=1S/C21H20O2/c1-3-23-18-13-19(16-7-5-4-6-8-16)21(22)20(14-18)17-11-9-15(2)10-12-17/h4-14,22H,3H2,1-2H3. The molecule has 3 aromatic carbocycles. The molecule has 1 N–H and O–H groups in total. The van der Waals surface area contributed by atoms with Gasteiger partial charge in [0, 0.05) is 11.1 Å². The van der Waals surface area contributed by atoms with Crippen molar-refractivity contribution in [3.8, 4) is 33.8 Å².